The fraction of sp³-hybridized carbons (Fsp3) is 0.250. The van der Waals surface area contributed by atoms with Crippen molar-refractivity contribution in [2.45, 2.75) is 26.8 Å². The number of benzene rings is 2. The van der Waals surface area contributed by atoms with Crippen molar-refractivity contribution < 1.29 is 14.6 Å². The van der Waals surface area contributed by atoms with Gasteiger partial charge in [0, 0.05) is 17.5 Å². The molecule has 24 heavy (non-hydrogen) atoms. The van der Waals surface area contributed by atoms with E-state index in [1.165, 1.54) is 7.11 Å². The summed E-state index contributed by atoms with van der Waals surface area (Å²) in [5.41, 5.74) is 4.28. The van der Waals surface area contributed by atoms with Gasteiger partial charge in [-0.05, 0) is 30.5 Å². The highest BCUT2D eigenvalue weighted by atomic mass is 16.5. The number of rotatable bonds is 5. The highest BCUT2D eigenvalue weighted by Gasteiger charge is 2.23. The average Bonchev–Trinajstić information content (AvgIpc) is 2.90. The van der Waals surface area contributed by atoms with Crippen molar-refractivity contribution in [1.29, 1.82) is 0 Å². The molecule has 4 heteroatoms. The second-order valence-corrected chi connectivity index (χ2v) is 5.85. The van der Waals surface area contributed by atoms with Crippen molar-refractivity contribution in [3.8, 4) is 22.8 Å². The van der Waals surface area contributed by atoms with E-state index in [1.54, 1.807) is 6.07 Å². The highest BCUT2D eigenvalue weighted by molar-refractivity contribution is 6.06. The number of ether oxygens (including phenoxy) is 1. The van der Waals surface area contributed by atoms with Crippen molar-refractivity contribution in [1.82, 2.24) is 4.57 Å². The number of hydrogen-bond acceptors (Lipinski definition) is 3. The first kappa shape index (κ1) is 16.1. The Bertz CT molecular complexity index is 895. The number of fused-ring (bicyclic) bond motifs is 1. The summed E-state index contributed by atoms with van der Waals surface area (Å²) in [6.07, 6.45) is 1.73. The molecule has 0 amide bonds. The largest absolute Gasteiger partial charge is 0.503 e. The van der Waals surface area contributed by atoms with E-state index in [0.29, 0.717) is 16.8 Å². The molecule has 124 valence electrons. The molecule has 1 heterocycles. The van der Waals surface area contributed by atoms with Crippen LogP contribution in [0.25, 0.3) is 22.2 Å². The molecule has 3 aromatic rings. The fourth-order valence-corrected chi connectivity index (χ4v) is 3.41. The molecule has 0 saturated heterocycles. The summed E-state index contributed by atoms with van der Waals surface area (Å²) in [5.74, 6) is 0.399. The summed E-state index contributed by atoms with van der Waals surface area (Å²) in [4.78, 5) is 11.6. The molecule has 0 spiro atoms. The summed E-state index contributed by atoms with van der Waals surface area (Å²) in [6, 6.07) is 11.6. The maximum atomic E-state index is 11.6. The minimum atomic E-state index is 0.0804. The number of aldehydes is 1. The van der Waals surface area contributed by atoms with Crippen molar-refractivity contribution >= 4 is 17.2 Å². The van der Waals surface area contributed by atoms with Gasteiger partial charge in [0.25, 0.3) is 0 Å². The summed E-state index contributed by atoms with van der Waals surface area (Å²) in [5, 5.41) is 11.5. The maximum Gasteiger partial charge on any atom is 0.182 e. The van der Waals surface area contributed by atoms with Gasteiger partial charge in [-0.3, -0.25) is 4.79 Å². The molecule has 0 atom stereocenters. The SMILES string of the molecule is CCCn1c(-c2ccccc2)c(C)c2c(C=O)cc(OC)c(O)c21. The van der Waals surface area contributed by atoms with Gasteiger partial charge in [0.1, 0.15) is 0 Å². The summed E-state index contributed by atoms with van der Waals surface area (Å²) < 4.78 is 7.35. The van der Waals surface area contributed by atoms with Crippen LogP contribution in [0.1, 0.15) is 29.3 Å². The summed E-state index contributed by atoms with van der Waals surface area (Å²) in [7, 11) is 1.49. The molecule has 0 aliphatic rings. The molecule has 4 nitrogen and oxygen atoms in total. The van der Waals surface area contributed by atoms with Crippen LogP contribution < -0.4 is 4.74 Å². The topological polar surface area (TPSA) is 51.5 Å². The van der Waals surface area contributed by atoms with E-state index in [2.05, 4.69) is 11.5 Å². The lowest BCUT2D eigenvalue weighted by molar-refractivity contribution is 0.112. The average molecular weight is 323 g/mol. The molecule has 0 unspecified atom stereocenters. The molecule has 0 aliphatic heterocycles. The molecule has 3 rings (SSSR count). The third kappa shape index (κ3) is 2.35. The monoisotopic (exact) mass is 323 g/mol. The normalized spacial score (nSPS) is 11.0. The second-order valence-electron chi connectivity index (χ2n) is 5.85. The van der Waals surface area contributed by atoms with E-state index in [-0.39, 0.29) is 5.75 Å². The predicted molar refractivity (Wildman–Crippen MR) is 96.0 cm³/mol. The maximum absolute atomic E-state index is 11.6. The first-order valence-electron chi connectivity index (χ1n) is 8.07. The lowest BCUT2D eigenvalue weighted by atomic mass is 10.0. The molecule has 1 N–H and O–H groups in total. The van der Waals surface area contributed by atoms with E-state index in [1.807, 2.05) is 37.3 Å². The van der Waals surface area contributed by atoms with Crippen LogP contribution in [0.15, 0.2) is 36.4 Å². The Labute approximate surface area is 141 Å². The Morgan fingerprint density at radius 1 is 1.25 bits per heavy atom. The van der Waals surface area contributed by atoms with Crippen LogP contribution in [0.3, 0.4) is 0 Å². The van der Waals surface area contributed by atoms with Crippen molar-refractivity contribution in [3.05, 3.63) is 47.5 Å². The molecule has 0 radical (unpaired) electrons. The van der Waals surface area contributed by atoms with Crippen molar-refractivity contribution in [3.63, 3.8) is 0 Å². The van der Waals surface area contributed by atoms with E-state index < -0.39 is 0 Å². The Morgan fingerprint density at radius 3 is 2.54 bits per heavy atom. The van der Waals surface area contributed by atoms with Gasteiger partial charge >= 0.3 is 0 Å². The van der Waals surface area contributed by atoms with E-state index in [4.69, 9.17) is 4.74 Å². The number of aryl methyl sites for hydroxylation is 2. The number of methoxy groups -OCH3 is 1. The van der Waals surface area contributed by atoms with E-state index in [0.717, 1.165) is 41.5 Å². The van der Waals surface area contributed by atoms with Crippen LogP contribution >= 0.6 is 0 Å². The quantitative estimate of drug-likeness (QED) is 0.701. The van der Waals surface area contributed by atoms with Crippen LogP contribution in [0.2, 0.25) is 0 Å². The summed E-state index contributed by atoms with van der Waals surface area (Å²) >= 11 is 0. The zero-order valence-electron chi connectivity index (χ0n) is 14.2. The molecule has 0 saturated carbocycles. The van der Waals surface area contributed by atoms with Gasteiger partial charge < -0.3 is 14.4 Å². The minimum Gasteiger partial charge on any atom is -0.503 e. The highest BCUT2D eigenvalue weighted by Crippen LogP contribution is 2.43. The van der Waals surface area contributed by atoms with Crippen LogP contribution in [0.5, 0.6) is 11.5 Å². The first-order chi connectivity index (χ1) is 11.6. The number of carbonyl (C=O) groups excluding carboxylic acids is 1. The van der Waals surface area contributed by atoms with Gasteiger partial charge in [-0.2, -0.15) is 0 Å². The Morgan fingerprint density at radius 2 is 1.96 bits per heavy atom. The number of aromatic hydroxyl groups is 1. The van der Waals surface area contributed by atoms with Gasteiger partial charge in [0.15, 0.2) is 17.8 Å². The van der Waals surface area contributed by atoms with Gasteiger partial charge in [-0.1, -0.05) is 37.3 Å². The van der Waals surface area contributed by atoms with Gasteiger partial charge in [-0.15, -0.1) is 0 Å². The number of carbonyl (C=O) groups is 1. The predicted octanol–water partition coefficient (Wildman–Crippen LogP) is 4.55. The first-order valence-corrected chi connectivity index (χ1v) is 8.07. The zero-order chi connectivity index (χ0) is 17.3. The molecule has 0 bridgehead atoms. The fourth-order valence-electron chi connectivity index (χ4n) is 3.41. The third-order valence-corrected chi connectivity index (χ3v) is 4.38. The van der Waals surface area contributed by atoms with Crippen LogP contribution in [-0.4, -0.2) is 23.1 Å². The smallest absolute Gasteiger partial charge is 0.182 e. The minimum absolute atomic E-state index is 0.0804. The van der Waals surface area contributed by atoms with Crippen LogP contribution in [0.4, 0.5) is 0 Å². The zero-order valence-corrected chi connectivity index (χ0v) is 14.2. The Kier molecular flexibility index (Phi) is 4.30. The summed E-state index contributed by atoms with van der Waals surface area (Å²) in [6.45, 7) is 4.83. The number of hydrogen-bond donors (Lipinski definition) is 1. The van der Waals surface area contributed by atoms with E-state index in [9.17, 15) is 9.90 Å². The standard InChI is InChI=1S/C20H21NO3/c1-4-10-21-18(14-8-6-5-7-9-14)13(2)17-15(12-22)11-16(24-3)20(23)19(17)21/h5-9,11-12,23H,4,10H2,1-3H3. The third-order valence-electron chi connectivity index (χ3n) is 4.38. The van der Waals surface area contributed by atoms with Crippen LogP contribution in [-0.2, 0) is 6.54 Å². The molecule has 2 aromatic carbocycles. The lowest BCUT2D eigenvalue weighted by Crippen LogP contribution is -2.00. The second kappa shape index (κ2) is 6.40. The molecule has 0 fully saturated rings. The van der Waals surface area contributed by atoms with Crippen molar-refractivity contribution in [2.75, 3.05) is 7.11 Å². The number of nitrogens with zero attached hydrogens (tertiary/aromatic N) is 1. The van der Waals surface area contributed by atoms with Gasteiger partial charge in [0.05, 0.1) is 18.3 Å². The Balaban J connectivity index is 2.49. The number of phenols is 1. The molecule has 1 aromatic heterocycles. The van der Waals surface area contributed by atoms with E-state index >= 15 is 0 Å². The number of phenolic OH excluding ortho intramolecular Hbond substituents is 1. The van der Waals surface area contributed by atoms with Crippen LogP contribution in [0, 0.1) is 6.92 Å². The molecular weight excluding hydrogens is 302 g/mol. The Hall–Kier alpha value is -2.75. The van der Waals surface area contributed by atoms with Gasteiger partial charge in [-0.25, -0.2) is 0 Å². The molecular formula is C20H21NO3. The van der Waals surface area contributed by atoms with Crippen molar-refractivity contribution in [2.24, 2.45) is 0 Å². The molecule has 0 aliphatic carbocycles. The number of aromatic nitrogens is 1. The lowest BCUT2D eigenvalue weighted by Gasteiger charge is -2.12. The van der Waals surface area contributed by atoms with Gasteiger partial charge in [0.2, 0.25) is 0 Å².